The zero-order chi connectivity index (χ0) is 11.4. The molecule has 0 saturated carbocycles. The molecule has 1 fully saturated rings. The minimum atomic E-state index is 0.649. The summed E-state index contributed by atoms with van der Waals surface area (Å²) in [6.45, 7) is 7.95. The highest BCUT2D eigenvalue weighted by molar-refractivity contribution is 5.47. The summed E-state index contributed by atoms with van der Waals surface area (Å²) in [6, 6.07) is 11.4. The van der Waals surface area contributed by atoms with E-state index in [1.165, 1.54) is 18.7 Å². The second-order valence-electron chi connectivity index (χ2n) is 4.77. The number of piperidine rings is 1. The summed E-state index contributed by atoms with van der Waals surface area (Å²) in [5.74, 6) is 0.788. The smallest absolute Gasteiger partial charge is 0.0417 e. The maximum atomic E-state index is 3.53. The zero-order valence-corrected chi connectivity index (χ0v) is 10.3. The van der Waals surface area contributed by atoms with Crippen LogP contribution in [0.5, 0.6) is 0 Å². The summed E-state index contributed by atoms with van der Waals surface area (Å²) < 4.78 is 0. The van der Waals surface area contributed by atoms with Gasteiger partial charge in [0.2, 0.25) is 0 Å². The fraction of sp³-hybridized carbons (Fsp3) is 0.571. The second kappa shape index (κ2) is 5.35. The van der Waals surface area contributed by atoms with Crippen LogP contribution in [0.3, 0.4) is 0 Å². The largest absolute Gasteiger partial charge is 0.368 e. The number of nitrogens with one attached hydrogen (secondary N) is 1. The third-order valence-corrected chi connectivity index (χ3v) is 3.42. The third kappa shape index (κ3) is 2.56. The van der Waals surface area contributed by atoms with E-state index in [4.69, 9.17) is 0 Å². The van der Waals surface area contributed by atoms with Crippen LogP contribution in [0, 0.1) is 5.92 Å². The summed E-state index contributed by atoms with van der Waals surface area (Å²) in [4.78, 5) is 2.52. The Hall–Kier alpha value is -1.02. The van der Waals surface area contributed by atoms with Gasteiger partial charge in [-0.3, -0.25) is 0 Å². The number of nitrogens with zero attached hydrogens (tertiary/aromatic N) is 1. The van der Waals surface area contributed by atoms with E-state index in [-0.39, 0.29) is 0 Å². The van der Waals surface area contributed by atoms with Gasteiger partial charge in [-0.2, -0.15) is 0 Å². The molecule has 0 spiro atoms. The Labute approximate surface area is 98.7 Å². The van der Waals surface area contributed by atoms with Gasteiger partial charge >= 0.3 is 0 Å². The van der Waals surface area contributed by atoms with Crippen LogP contribution in [0.1, 0.15) is 20.3 Å². The molecule has 1 aliphatic heterocycles. The van der Waals surface area contributed by atoms with Gasteiger partial charge in [0.05, 0.1) is 0 Å². The van der Waals surface area contributed by atoms with E-state index >= 15 is 0 Å². The number of hydrogen-bond donors (Lipinski definition) is 1. The maximum absolute atomic E-state index is 3.53. The van der Waals surface area contributed by atoms with Crippen LogP contribution in [0.2, 0.25) is 0 Å². The zero-order valence-electron chi connectivity index (χ0n) is 10.3. The molecule has 0 aromatic heterocycles. The Kier molecular flexibility index (Phi) is 3.83. The van der Waals surface area contributed by atoms with Crippen molar-refractivity contribution in [3.8, 4) is 0 Å². The maximum Gasteiger partial charge on any atom is 0.0417 e. The van der Waals surface area contributed by atoms with Gasteiger partial charge in [-0.25, -0.2) is 0 Å². The van der Waals surface area contributed by atoms with Crippen molar-refractivity contribution in [2.45, 2.75) is 26.3 Å². The van der Waals surface area contributed by atoms with Crippen molar-refractivity contribution in [3.63, 3.8) is 0 Å². The topological polar surface area (TPSA) is 15.3 Å². The highest BCUT2D eigenvalue weighted by atomic mass is 15.2. The minimum absolute atomic E-state index is 0.649. The third-order valence-electron chi connectivity index (χ3n) is 3.42. The Bertz CT molecular complexity index is 310. The monoisotopic (exact) mass is 218 g/mol. The molecule has 2 nitrogen and oxygen atoms in total. The molecular weight excluding hydrogens is 196 g/mol. The predicted molar refractivity (Wildman–Crippen MR) is 69.9 cm³/mol. The molecule has 1 N–H and O–H groups in total. The van der Waals surface area contributed by atoms with E-state index in [9.17, 15) is 0 Å². The van der Waals surface area contributed by atoms with Gasteiger partial charge in [-0.1, -0.05) is 25.1 Å². The van der Waals surface area contributed by atoms with Crippen LogP contribution in [0.15, 0.2) is 30.3 Å². The number of hydrogen-bond acceptors (Lipinski definition) is 2. The SMILES string of the molecule is CCN(c1ccccc1)C1CNCC(C)C1. The fourth-order valence-corrected chi connectivity index (χ4v) is 2.64. The summed E-state index contributed by atoms with van der Waals surface area (Å²) in [5.41, 5.74) is 1.35. The molecule has 2 unspecified atom stereocenters. The van der Waals surface area contributed by atoms with Crippen LogP contribution in [0.25, 0.3) is 0 Å². The van der Waals surface area contributed by atoms with E-state index in [0.717, 1.165) is 19.0 Å². The molecule has 0 amide bonds. The van der Waals surface area contributed by atoms with Gasteiger partial charge < -0.3 is 10.2 Å². The Morgan fingerprint density at radius 1 is 1.25 bits per heavy atom. The molecule has 88 valence electrons. The van der Waals surface area contributed by atoms with Crippen LogP contribution in [-0.4, -0.2) is 25.7 Å². The van der Waals surface area contributed by atoms with Gasteiger partial charge in [0.15, 0.2) is 0 Å². The highest BCUT2D eigenvalue weighted by Crippen LogP contribution is 2.21. The summed E-state index contributed by atoms with van der Waals surface area (Å²) in [6.07, 6.45) is 1.30. The first-order valence-electron chi connectivity index (χ1n) is 6.33. The van der Waals surface area contributed by atoms with E-state index in [1.54, 1.807) is 0 Å². The van der Waals surface area contributed by atoms with Gasteiger partial charge in [-0.05, 0) is 37.9 Å². The minimum Gasteiger partial charge on any atom is -0.368 e. The average molecular weight is 218 g/mol. The summed E-state index contributed by atoms with van der Waals surface area (Å²) in [7, 11) is 0. The van der Waals surface area contributed by atoms with Crippen LogP contribution in [0.4, 0.5) is 5.69 Å². The van der Waals surface area contributed by atoms with Crippen molar-refractivity contribution in [1.82, 2.24) is 5.32 Å². The lowest BCUT2D eigenvalue weighted by Gasteiger charge is -2.38. The molecule has 1 heterocycles. The molecule has 1 saturated heterocycles. The molecule has 1 aliphatic rings. The average Bonchev–Trinajstić information content (AvgIpc) is 2.31. The first kappa shape index (κ1) is 11.5. The van der Waals surface area contributed by atoms with Crippen LogP contribution in [-0.2, 0) is 0 Å². The Balaban J connectivity index is 2.10. The first-order chi connectivity index (χ1) is 7.81. The molecule has 0 aliphatic carbocycles. The fourth-order valence-electron chi connectivity index (χ4n) is 2.64. The normalized spacial score (nSPS) is 25.4. The molecule has 0 radical (unpaired) electrons. The molecule has 2 rings (SSSR count). The van der Waals surface area contributed by atoms with Crippen molar-refractivity contribution < 1.29 is 0 Å². The van der Waals surface area contributed by atoms with Crippen molar-refractivity contribution in [1.29, 1.82) is 0 Å². The van der Waals surface area contributed by atoms with Crippen LogP contribution >= 0.6 is 0 Å². The van der Waals surface area contributed by atoms with Crippen molar-refractivity contribution in [2.75, 3.05) is 24.5 Å². The molecule has 1 aromatic rings. The molecule has 0 bridgehead atoms. The van der Waals surface area contributed by atoms with Crippen molar-refractivity contribution >= 4 is 5.69 Å². The van der Waals surface area contributed by atoms with Gasteiger partial charge in [-0.15, -0.1) is 0 Å². The number of anilines is 1. The summed E-state index contributed by atoms with van der Waals surface area (Å²) in [5, 5.41) is 3.53. The molecule has 16 heavy (non-hydrogen) atoms. The van der Waals surface area contributed by atoms with Gasteiger partial charge in [0.1, 0.15) is 0 Å². The first-order valence-corrected chi connectivity index (χ1v) is 6.33. The summed E-state index contributed by atoms with van der Waals surface area (Å²) >= 11 is 0. The van der Waals surface area contributed by atoms with Crippen molar-refractivity contribution in [3.05, 3.63) is 30.3 Å². The van der Waals surface area contributed by atoms with E-state index in [1.807, 2.05) is 0 Å². The van der Waals surface area contributed by atoms with E-state index in [0.29, 0.717) is 6.04 Å². The van der Waals surface area contributed by atoms with E-state index in [2.05, 4.69) is 54.4 Å². The standard InChI is InChI=1S/C14H22N2/c1-3-16(13-7-5-4-6-8-13)14-9-12(2)10-15-11-14/h4-8,12,14-15H,3,9-11H2,1-2H3. The quantitative estimate of drug-likeness (QED) is 0.838. The molecule has 2 atom stereocenters. The number of benzene rings is 1. The Morgan fingerprint density at radius 3 is 2.62 bits per heavy atom. The number of para-hydroxylation sites is 1. The molecule has 2 heteroatoms. The van der Waals surface area contributed by atoms with Crippen molar-refractivity contribution in [2.24, 2.45) is 5.92 Å². The van der Waals surface area contributed by atoms with Gasteiger partial charge in [0, 0.05) is 24.8 Å². The van der Waals surface area contributed by atoms with Crippen LogP contribution < -0.4 is 10.2 Å². The number of likely N-dealkylation sites (N-methyl/N-ethyl adjacent to an activating group) is 1. The highest BCUT2D eigenvalue weighted by Gasteiger charge is 2.23. The second-order valence-corrected chi connectivity index (χ2v) is 4.77. The lowest BCUT2D eigenvalue weighted by Crippen LogP contribution is -2.48. The van der Waals surface area contributed by atoms with E-state index < -0.39 is 0 Å². The Morgan fingerprint density at radius 2 is 2.00 bits per heavy atom. The van der Waals surface area contributed by atoms with Gasteiger partial charge in [0.25, 0.3) is 0 Å². The lowest BCUT2D eigenvalue weighted by molar-refractivity contribution is 0.350. The molecule has 1 aromatic carbocycles. The lowest BCUT2D eigenvalue weighted by atomic mass is 9.96. The number of rotatable bonds is 3. The molecular formula is C14H22N2. The predicted octanol–water partition coefficient (Wildman–Crippen LogP) is 2.51.